The average molecular weight is 1210 g/mol. The van der Waals surface area contributed by atoms with Crippen molar-refractivity contribution >= 4 is 45.3 Å². The predicted octanol–water partition coefficient (Wildman–Crippen LogP) is 6.44. The normalized spacial score (nSPS) is 16.5. The number of fused-ring (bicyclic) bond motifs is 3. The number of benzene rings is 4. The number of rotatable bonds is 28. The zero-order chi connectivity index (χ0) is 61.7. The standard InChI is InChI=1S/C63H73F3N8O13/c1-40(42-8-6-5-7-9-42)28-54(78)72-20-18-61(81,19-21-72)37-73-39-68-55-56(58(73)79)70-71(4)57(55)43-12-10-41(11-13-43)33-67-53(77)36-84-26-24-82-22-23-83-25-27-85-38-60(2,3)52-30-44-29-48(47(64)32-49(44)74(52)34-46(76)35-75)69-59(80)62(16-17-62)45-14-15-50-51(31-45)87-63(65,66)86-50/h5-15,29-32,39-40,46,75-76,81H,16-28,33-38H2,1-4H3,(H,67,77)(H,69,80)/t40-,46-/m1/s1. The van der Waals surface area contributed by atoms with Gasteiger partial charge in [0.25, 0.3) is 5.56 Å². The van der Waals surface area contributed by atoms with Gasteiger partial charge in [-0.15, -0.1) is 8.78 Å². The van der Waals surface area contributed by atoms with Gasteiger partial charge in [0.2, 0.25) is 17.7 Å². The highest BCUT2D eigenvalue weighted by Crippen LogP contribution is 2.52. The van der Waals surface area contributed by atoms with E-state index >= 15 is 4.39 Å². The molecule has 2 aliphatic heterocycles. The predicted molar refractivity (Wildman–Crippen MR) is 314 cm³/mol. The van der Waals surface area contributed by atoms with E-state index in [0.29, 0.717) is 78.6 Å². The third-order valence-corrected chi connectivity index (χ3v) is 16.4. The maximum atomic E-state index is 15.8. The molecule has 5 heterocycles. The first-order chi connectivity index (χ1) is 41.6. The SMILES string of the molecule is C[C@H](CC(=O)N1CCC(O)(Cn2cnc3c(-c4ccc(CNC(=O)COCCOCCOCCOCC(C)(C)c5cc6cc(NC(=O)C7(c8ccc9c(c8)OC(F)(F)O9)CC7)c(F)cc6n5C[C@@H](O)CO)cc4)n(C)nc3c2=O)CC1)c1ccccc1. The number of aryl methyl sites for hydroxylation is 1. The molecular formula is C63H73F3N8O13. The molecule has 21 nitrogen and oxygen atoms in total. The Morgan fingerprint density at radius 3 is 2.21 bits per heavy atom. The van der Waals surface area contributed by atoms with Crippen LogP contribution in [0.3, 0.4) is 0 Å². The molecule has 87 heavy (non-hydrogen) atoms. The molecule has 1 saturated carbocycles. The van der Waals surface area contributed by atoms with Crippen molar-refractivity contribution in [1.29, 1.82) is 0 Å². The van der Waals surface area contributed by atoms with Crippen molar-refractivity contribution in [2.75, 3.05) is 77.9 Å². The number of aromatic nitrogens is 5. The number of piperidine rings is 1. The van der Waals surface area contributed by atoms with Crippen LogP contribution in [0.4, 0.5) is 18.9 Å². The second kappa shape index (κ2) is 26.3. The molecule has 10 rings (SSSR count). The van der Waals surface area contributed by atoms with E-state index in [2.05, 4.69) is 30.2 Å². The van der Waals surface area contributed by atoms with E-state index < -0.39 is 47.2 Å². The third-order valence-electron chi connectivity index (χ3n) is 16.4. The molecule has 3 aromatic heterocycles. The third kappa shape index (κ3) is 14.5. The first-order valence-corrected chi connectivity index (χ1v) is 29.1. The summed E-state index contributed by atoms with van der Waals surface area (Å²) in [6.07, 6.45) is -1.67. The van der Waals surface area contributed by atoms with E-state index in [-0.39, 0.29) is 118 Å². The van der Waals surface area contributed by atoms with Crippen molar-refractivity contribution in [2.45, 2.75) is 107 Å². The molecule has 1 saturated heterocycles. The first kappa shape index (κ1) is 62.3. The van der Waals surface area contributed by atoms with Gasteiger partial charge < -0.3 is 63.8 Å². The zero-order valence-corrected chi connectivity index (χ0v) is 49.1. The van der Waals surface area contributed by atoms with E-state index in [9.17, 15) is 43.3 Å². The number of anilines is 1. The molecule has 0 radical (unpaired) electrons. The quantitative estimate of drug-likeness (QED) is 0.0331. The number of hydrogen-bond acceptors (Lipinski definition) is 15. The lowest BCUT2D eigenvalue weighted by atomic mass is 9.90. The van der Waals surface area contributed by atoms with Crippen LogP contribution in [0.25, 0.3) is 33.2 Å². The molecule has 4 aromatic carbocycles. The minimum absolute atomic E-state index is 0.0263. The highest BCUT2D eigenvalue weighted by molar-refractivity contribution is 6.03. The summed E-state index contributed by atoms with van der Waals surface area (Å²) in [5.41, 5.74) is 2.07. The van der Waals surface area contributed by atoms with Crippen LogP contribution in [0, 0.1) is 5.82 Å². The van der Waals surface area contributed by atoms with Crippen molar-refractivity contribution < 1.29 is 71.3 Å². The van der Waals surface area contributed by atoms with Crippen LogP contribution in [0.15, 0.2) is 102 Å². The largest absolute Gasteiger partial charge is 0.586 e. The van der Waals surface area contributed by atoms with E-state index in [1.165, 1.54) is 41.2 Å². The number of carbonyl (C=O) groups is 3. The van der Waals surface area contributed by atoms with Gasteiger partial charge in [-0.05, 0) is 72.6 Å². The van der Waals surface area contributed by atoms with Crippen LogP contribution in [0.1, 0.15) is 81.2 Å². The summed E-state index contributed by atoms with van der Waals surface area (Å²) in [4.78, 5) is 59.5. The van der Waals surface area contributed by atoms with Crippen LogP contribution >= 0.6 is 0 Å². The van der Waals surface area contributed by atoms with Crippen molar-refractivity contribution in [2.24, 2.45) is 7.05 Å². The Balaban J connectivity index is 0.609. The molecule has 0 unspecified atom stereocenters. The molecule has 24 heteroatoms. The van der Waals surface area contributed by atoms with Gasteiger partial charge in [0.05, 0.1) is 106 Å². The summed E-state index contributed by atoms with van der Waals surface area (Å²) in [5, 5.41) is 42.4. The summed E-state index contributed by atoms with van der Waals surface area (Å²) in [6.45, 7) is 7.87. The Kier molecular flexibility index (Phi) is 18.9. The van der Waals surface area contributed by atoms with Gasteiger partial charge in [0, 0.05) is 61.2 Å². The number of hydrogen-bond donors (Lipinski definition) is 5. The molecular weight excluding hydrogens is 1130 g/mol. The lowest BCUT2D eigenvalue weighted by Gasteiger charge is -2.38. The lowest BCUT2D eigenvalue weighted by molar-refractivity contribution is -0.286. The number of likely N-dealkylation sites (tertiary alicyclic amines) is 1. The highest BCUT2D eigenvalue weighted by Gasteiger charge is 2.53. The number of amides is 3. The van der Waals surface area contributed by atoms with Gasteiger partial charge in [-0.25, -0.2) is 9.37 Å². The summed E-state index contributed by atoms with van der Waals surface area (Å²) in [5.74, 6) is -1.77. The Morgan fingerprint density at radius 1 is 0.839 bits per heavy atom. The molecule has 3 amide bonds. The monoisotopic (exact) mass is 1210 g/mol. The van der Waals surface area contributed by atoms with Crippen LogP contribution in [-0.4, -0.2) is 152 Å². The zero-order valence-electron chi connectivity index (χ0n) is 49.1. The van der Waals surface area contributed by atoms with Gasteiger partial charge in [-0.3, -0.25) is 28.4 Å². The maximum absolute atomic E-state index is 15.8. The summed E-state index contributed by atoms with van der Waals surface area (Å²) in [7, 11) is 1.74. The van der Waals surface area contributed by atoms with Gasteiger partial charge in [-0.1, -0.05) is 81.4 Å². The van der Waals surface area contributed by atoms with E-state index in [1.54, 1.807) is 21.2 Å². The Bertz CT molecular complexity index is 3660. The molecule has 0 bridgehead atoms. The number of carbonyl (C=O) groups excluding carboxylic acids is 3. The van der Waals surface area contributed by atoms with Gasteiger partial charge in [-0.2, -0.15) is 5.10 Å². The molecule has 7 aromatic rings. The van der Waals surface area contributed by atoms with Crippen LogP contribution in [0.5, 0.6) is 11.5 Å². The second-order valence-corrected chi connectivity index (χ2v) is 23.4. The van der Waals surface area contributed by atoms with Gasteiger partial charge in [0.15, 0.2) is 17.0 Å². The maximum Gasteiger partial charge on any atom is 0.586 e. The van der Waals surface area contributed by atoms with Crippen LogP contribution in [0.2, 0.25) is 0 Å². The minimum atomic E-state index is -3.81. The lowest BCUT2D eigenvalue weighted by Crippen LogP contribution is -2.49. The summed E-state index contributed by atoms with van der Waals surface area (Å²) >= 11 is 0. The molecule has 1 aliphatic carbocycles. The molecule has 0 spiro atoms. The Labute approximate surface area is 499 Å². The fourth-order valence-corrected chi connectivity index (χ4v) is 11.3. The Morgan fingerprint density at radius 2 is 1.52 bits per heavy atom. The number of halogens is 3. The van der Waals surface area contributed by atoms with Gasteiger partial charge in [0.1, 0.15) is 17.9 Å². The van der Waals surface area contributed by atoms with Gasteiger partial charge >= 0.3 is 6.29 Å². The van der Waals surface area contributed by atoms with Crippen molar-refractivity contribution in [3.63, 3.8) is 0 Å². The summed E-state index contributed by atoms with van der Waals surface area (Å²) < 4.78 is 79.8. The average Bonchev–Trinajstić information content (AvgIpc) is 1.66. The molecule has 464 valence electrons. The van der Waals surface area contributed by atoms with Crippen molar-refractivity contribution in [1.82, 2.24) is 34.1 Å². The van der Waals surface area contributed by atoms with E-state index in [4.69, 9.17) is 18.9 Å². The number of ether oxygens (including phenoxy) is 6. The van der Waals surface area contributed by atoms with Crippen LogP contribution in [-0.2, 0) is 70.8 Å². The van der Waals surface area contributed by atoms with Crippen molar-refractivity contribution in [3.8, 4) is 22.8 Å². The number of aliphatic hydroxyl groups excluding tert-OH is 2. The molecule has 2 fully saturated rings. The summed E-state index contributed by atoms with van der Waals surface area (Å²) in [6, 6.07) is 26.1. The van der Waals surface area contributed by atoms with E-state index in [0.717, 1.165) is 16.7 Å². The van der Waals surface area contributed by atoms with Crippen molar-refractivity contribution in [3.05, 3.63) is 136 Å². The smallest absolute Gasteiger partial charge is 0.395 e. The Hall–Kier alpha value is -7.71. The fourth-order valence-electron chi connectivity index (χ4n) is 11.3. The minimum Gasteiger partial charge on any atom is -0.395 e. The first-order valence-electron chi connectivity index (χ1n) is 29.1. The van der Waals surface area contributed by atoms with Crippen LogP contribution < -0.4 is 25.7 Å². The highest BCUT2D eigenvalue weighted by atomic mass is 19.3. The molecule has 5 N–H and O–H groups in total. The number of nitrogens with one attached hydrogen (secondary N) is 2. The number of aliphatic hydroxyl groups is 3. The fraction of sp³-hybridized carbons (Fsp3) is 0.460. The molecule has 2 atom stereocenters. The molecule has 3 aliphatic rings. The topological polar surface area (TPSA) is 252 Å². The number of alkyl halides is 2. The second-order valence-electron chi connectivity index (χ2n) is 23.4. The number of nitrogens with zero attached hydrogens (tertiary/aromatic N) is 6. The van der Waals surface area contributed by atoms with E-state index in [1.807, 2.05) is 81.4 Å².